The monoisotopic (exact) mass is 265 g/mol. The van der Waals surface area contributed by atoms with Crippen LogP contribution in [0.1, 0.15) is 30.9 Å². The van der Waals surface area contributed by atoms with Crippen LogP contribution in [0.25, 0.3) is 0 Å². The summed E-state index contributed by atoms with van der Waals surface area (Å²) < 4.78 is 16.3. The van der Waals surface area contributed by atoms with Crippen LogP contribution >= 0.6 is 0 Å². The zero-order valence-electron chi connectivity index (χ0n) is 12.2. The van der Waals surface area contributed by atoms with Gasteiger partial charge in [0, 0.05) is 24.1 Å². The van der Waals surface area contributed by atoms with Gasteiger partial charge in [0.2, 0.25) is 0 Å². The molecule has 1 unspecified atom stereocenters. The van der Waals surface area contributed by atoms with Gasteiger partial charge in [-0.2, -0.15) is 0 Å². The summed E-state index contributed by atoms with van der Waals surface area (Å²) >= 11 is 0. The van der Waals surface area contributed by atoms with Crippen molar-refractivity contribution in [1.82, 2.24) is 0 Å². The van der Waals surface area contributed by atoms with Gasteiger partial charge in [-0.3, -0.25) is 0 Å². The van der Waals surface area contributed by atoms with Crippen molar-refractivity contribution in [1.29, 1.82) is 0 Å². The Balaban J connectivity index is 2.52. The predicted octanol–water partition coefficient (Wildman–Crippen LogP) is 2.23. The molecule has 0 aliphatic heterocycles. The van der Waals surface area contributed by atoms with Crippen LogP contribution in [0.4, 0.5) is 0 Å². The number of hydrogen-bond acceptors (Lipinski definition) is 4. The van der Waals surface area contributed by atoms with Crippen LogP contribution in [0, 0.1) is 0 Å². The van der Waals surface area contributed by atoms with Crippen molar-refractivity contribution in [3.8, 4) is 11.5 Å². The smallest absolute Gasteiger partial charge is 0.126 e. The van der Waals surface area contributed by atoms with E-state index in [9.17, 15) is 0 Å². The second kappa shape index (κ2) is 5.39. The van der Waals surface area contributed by atoms with Crippen molar-refractivity contribution < 1.29 is 14.2 Å². The highest BCUT2D eigenvalue weighted by atomic mass is 16.5. The summed E-state index contributed by atoms with van der Waals surface area (Å²) in [6.45, 7) is 2.59. The molecule has 19 heavy (non-hydrogen) atoms. The topological polar surface area (TPSA) is 53.7 Å². The molecule has 4 heteroatoms. The van der Waals surface area contributed by atoms with E-state index in [4.69, 9.17) is 19.9 Å². The maximum atomic E-state index is 6.17. The zero-order valence-corrected chi connectivity index (χ0v) is 12.2. The van der Waals surface area contributed by atoms with Gasteiger partial charge in [-0.1, -0.05) is 0 Å². The molecule has 0 amide bonds. The molecular formula is C15H23NO3. The maximum Gasteiger partial charge on any atom is 0.126 e. The fourth-order valence-electron chi connectivity index (χ4n) is 2.77. The Kier molecular flexibility index (Phi) is 4.02. The quantitative estimate of drug-likeness (QED) is 0.857. The van der Waals surface area contributed by atoms with Gasteiger partial charge in [-0.25, -0.2) is 0 Å². The normalized spacial score (nSPS) is 17.9. The second-order valence-corrected chi connectivity index (χ2v) is 5.25. The van der Waals surface area contributed by atoms with Crippen molar-refractivity contribution >= 4 is 0 Å². The van der Waals surface area contributed by atoms with E-state index >= 15 is 0 Å². The van der Waals surface area contributed by atoms with Crippen LogP contribution in [0.5, 0.6) is 11.5 Å². The van der Waals surface area contributed by atoms with E-state index in [1.807, 2.05) is 12.1 Å². The summed E-state index contributed by atoms with van der Waals surface area (Å²) in [7, 11) is 5.05. The standard InChI is InChI=1S/C15H23NO3/c1-10(16)15(5-6-15)14-12(18-3)7-11(9-17-2)8-13(14)19-4/h7-8,10H,5-6,9,16H2,1-4H3. The lowest BCUT2D eigenvalue weighted by atomic mass is 9.87. The molecular weight excluding hydrogens is 242 g/mol. The van der Waals surface area contributed by atoms with Crippen LogP contribution in [-0.2, 0) is 16.8 Å². The minimum atomic E-state index is 0.00227. The van der Waals surface area contributed by atoms with Crippen molar-refractivity contribution in [2.75, 3.05) is 21.3 Å². The van der Waals surface area contributed by atoms with E-state index in [2.05, 4.69) is 6.92 Å². The SMILES string of the molecule is COCc1cc(OC)c(C2(C(C)N)CC2)c(OC)c1. The molecule has 0 aromatic heterocycles. The Morgan fingerprint density at radius 1 is 1.16 bits per heavy atom. The highest BCUT2D eigenvalue weighted by Crippen LogP contribution is 2.56. The first-order valence-electron chi connectivity index (χ1n) is 6.59. The second-order valence-electron chi connectivity index (χ2n) is 5.25. The van der Waals surface area contributed by atoms with Crippen molar-refractivity contribution in [3.63, 3.8) is 0 Å². The van der Waals surface area contributed by atoms with Crippen LogP contribution < -0.4 is 15.2 Å². The minimum Gasteiger partial charge on any atom is -0.496 e. The lowest BCUT2D eigenvalue weighted by molar-refractivity contribution is 0.184. The number of ether oxygens (including phenoxy) is 3. The summed E-state index contributed by atoms with van der Waals surface area (Å²) in [6, 6.07) is 4.12. The largest absolute Gasteiger partial charge is 0.496 e. The minimum absolute atomic E-state index is 0.00227. The van der Waals surface area contributed by atoms with Crippen molar-refractivity contribution in [2.45, 2.75) is 37.8 Å². The van der Waals surface area contributed by atoms with Gasteiger partial charge >= 0.3 is 0 Å². The number of rotatable bonds is 6. The van der Waals surface area contributed by atoms with E-state index in [1.54, 1.807) is 21.3 Å². The molecule has 1 aliphatic rings. The third kappa shape index (κ3) is 2.42. The van der Waals surface area contributed by atoms with Crippen molar-refractivity contribution in [2.24, 2.45) is 5.73 Å². The molecule has 1 saturated carbocycles. The van der Waals surface area contributed by atoms with E-state index in [-0.39, 0.29) is 11.5 Å². The summed E-state index contributed by atoms with van der Waals surface area (Å²) in [4.78, 5) is 0. The molecule has 2 rings (SSSR count). The zero-order chi connectivity index (χ0) is 14.0. The molecule has 1 atom stereocenters. The average molecular weight is 265 g/mol. The fraction of sp³-hybridized carbons (Fsp3) is 0.600. The van der Waals surface area contributed by atoms with Gasteiger partial charge in [0.25, 0.3) is 0 Å². The van der Waals surface area contributed by atoms with Gasteiger partial charge < -0.3 is 19.9 Å². The first kappa shape index (κ1) is 14.2. The molecule has 0 spiro atoms. The summed E-state index contributed by atoms with van der Waals surface area (Å²) in [5.41, 5.74) is 8.32. The van der Waals surface area contributed by atoms with E-state index < -0.39 is 0 Å². The van der Waals surface area contributed by atoms with Crippen LogP contribution in [0.15, 0.2) is 12.1 Å². The lowest BCUT2D eigenvalue weighted by Gasteiger charge is -2.25. The molecule has 1 aromatic carbocycles. The Morgan fingerprint density at radius 2 is 1.68 bits per heavy atom. The Labute approximate surface area is 114 Å². The highest BCUT2D eigenvalue weighted by molar-refractivity contribution is 5.55. The molecule has 0 bridgehead atoms. The first-order chi connectivity index (χ1) is 9.08. The molecule has 0 heterocycles. The Bertz CT molecular complexity index is 428. The summed E-state index contributed by atoms with van der Waals surface area (Å²) in [5.74, 6) is 1.70. The van der Waals surface area contributed by atoms with Crippen LogP contribution in [-0.4, -0.2) is 27.4 Å². The van der Waals surface area contributed by atoms with Gasteiger partial charge in [-0.15, -0.1) is 0 Å². The van der Waals surface area contributed by atoms with Gasteiger partial charge in [0.15, 0.2) is 0 Å². The fourth-order valence-corrected chi connectivity index (χ4v) is 2.77. The van der Waals surface area contributed by atoms with Gasteiger partial charge in [-0.05, 0) is 37.5 Å². The Hall–Kier alpha value is -1.26. The average Bonchev–Trinajstić information content (AvgIpc) is 3.19. The summed E-state index contributed by atoms with van der Waals surface area (Å²) in [5, 5.41) is 0. The van der Waals surface area contributed by atoms with E-state index in [0.29, 0.717) is 6.61 Å². The molecule has 0 saturated heterocycles. The van der Waals surface area contributed by atoms with E-state index in [0.717, 1.165) is 35.5 Å². The molecule has 106 valence electrons. The third-order valence-electron chi connectivity index (χ3n) is 4.03. The Morgan fingerprint density at radius 3 is 2.00 bits per heavy atom. The van der Waals surface area contributed by atoms with Crippen molar-refractivity contribution in [3.05, 3.63) is 23.3 Å². The number of methoxy groups -OCH3 is 3. The van der Waals surface area contributed by atoms with Gasteiger partial charge in [0.05, 0.1) is 20.8 Å². The molecule has 2 N–H and O–H groups in total. The molecule has 0 radical (unpaired) electrons. The molecule has 1 aromatic rings. The molecule has 1 fully saturated rings. The summed E-state index contributed by atoms with van der Waals surface area (Å²) in [6.07, 6.45) is 2.17. The predicted molar refractivity (Wildman–Crippen MR) is 74.8 cm³/mol. The van der Waals surface area contributed by atoms with E-state index in [1.165, 1.54) is 0 Å². The molecule has 1 aliphatic carbocycles. The third-order valence-corrected chi connectivity index (χ3v) is 4.03. The number of benzene rings is 1. The number of nitrogens with two attached hydrogens (primary N) is 1. The van der Waals surface area contributed by atoms with Crippen LogP contribution in [0.3, 0.4) is 0 Å². The van der Waals surface area contributed by atoms with Crippen LogP contribution in [0.2, 0.25) is 0 Å². The lowest BCUT2D eigenvalue weighted by Crippen LogP contribution is -2.32. The van der Waals surface area contributed by atoms with Gasteiger partial charge in [0.1, 0.15) is 11.5 Å². The highest BCUT2D eigenvalue weighted by Gasteiger charge is 2.51. The first-order valence-corrected chi connectivity index (χ1v) is 6.59. The number of hydrogen-bond donors (Lipinski definition) is 1. The molecule has 4 nitrogen and oxygen atoms in total. The maximum absolute atomic E-state index is 6.17.